The van der Waals surface area contributed by atoms with Crippen LogP contribution in [0.25, 0.3) is 0 Å². The average molecular weight is 187 g/mol. The molecule has 0 aliphatic rings. The van der Waals surface area contributed by atoms with Gasteiger partial charge in [-0.3, -0.25) is 0 Å². The van der Waals surface area contributed by atoms with Crippen LogP contribution in [0.2, 0.25) is 0 Å². The van der Waals surface area contributed by atoms with Crippen LogP contribution in [0, 0.1) is 5.92 Å². The van der Waals surface area contributed by atoms with Crippen molar-refractivity contribution in [2.75, 3.05) is 0 Å². The van der Waals surface area contributed by atoms with Crippen LogP contribution in [0.3, 0.4) is 0 Å². The molecule has 4 nitrogen and oxygen atoms in total. The molecule has 0 radical (unpaired) electrons. The lowest BCUT2D eigenvalue weighted by molar-refractivity contribution is -0.131. The summed E-state index contributed by atoms with van der Waals surface area (Å²) in [6.07, 6.45) is 1.91. The number of carboxylic acid groups (broad SMARTS) is 1. The molecule has 0 spiro atoms. The fourth-order valence-corrected chi connectivity index (χ4v) is 1.01. The summed E-state index contributed by atoms with van der Waals surface area (Å²) in [5, 5.41) is 17.6. The lowest BCUT2D eigenvalue weighted by Crippen LogP contribution is -2.34. The first-order valence-electron chi connectivity index (χ1n) is 4.28. The first-order chi connectivity index (χ1) is 5.93. The number of aliphatic hydroxyl groups excluding tert-OH is 1. The monoisotopic (exact) mass is 187 g/mol. The number of hydrogen-bond donors (Lipinski definition) is 3. The minimum Gasteiger partial charge on any atom is -0.478 e. The zero-order valence-electron chi connectivity index (χ0n) is 7.97. The number of carbonyl (C=O) groups is 1. The fourth-order valence-electron chi connectivity index (χ4n) is 1.01. The third-order valence-corrected chi connectivity index (χ3v) is 1.62. The minimum atomic E-state index is -1.07. The standard InChI is InChI=1S/C9H17NO3/c1-6(2)5-7(10)8(11)3-4-9(12)13/h3-4,6-8,11H,5,10H2,1-2H3,(H,12,13)/b4-3+/t7-,8-/m0/s1. The van der Waals surface area contributed by atoms with Crippen LogP contribution in [-0.4, -0.2) is 28.3 Å². The Kier molecular flexibility index (Phi) is 5.34. The van der Waals surface area contributed by atoms with Crippen molar-refractivity contribution < 1.29 is 15.0 Å². The number of hydrogen-bond acceptors (Lipinski definition) is 3. The lowest BCUT2D eigenvalue weighted by atomic mass is 10.00. The highest BCUT2D eigenvalue weighted by atomic mass is 16.4. The van der Waals surface area contributed by atoms with Gasteiger partial charge in [-0.05, 0) is 18.4 Å². The van der Waals surface area contributed by atoms with Crippen molar-refractivity contribution in [3.05, 3.63) is 12.2 Å². The van der Waals surface area contributed by atoms with Crippen molar-refractivity contribution >= 4 is 5.97 Å². The van der Waals surface area contributed by atoms with Gasteiger partial charge in [0, 0.05) is 12.1 Å². The molecule has 0 fully saturated rings. The van der Waals surface area contributed by atoms with E-state index in [1.165, 1.54) is 6.08 Å². The van der Waals surface area contributed by atoms with Crippen LogP contribution in [0.5, 0.6) is 0 Å². The third-order valence-electron chi connectivity index (χ3n) is 1.62. The van der Waals surface area contributed by atoms with Gasteiger partial charge in [-0.25, -0.2) is 4.79 Å². The molecule has 0 aromatic rings. The van der Waals surface area contributed by atoms with Crippen LogP contribution in [0.1, 0.15) is 20.3 Å². The summed E-state index contributed by atoms with van der Waals surface area (Å²) in [5.41, 5.74) is 5.61. The van der Waals surface area contributed by atoms with Crippen molar-refractivity contribution in [3.8, 4) is 0 Å². The predicted molar refractivity (Wildman–Crippen MR) is 50.2 cm³/mol. The Labute approximate surface area is 78.1 Å². The fraction of sp³-hybridized carbons (Fsp3) is 0.667. The lowest BCUT2D eigenvalue weighted by Gasteiger charge is -2.17. The van der Waals surface area contributed by atoms with Gasteiger partial charge >= 0.3 is 5.97 Å². The number of nitrogens with two attached hydrogens (primary N) is 1. The Morgan fingerprint density at radius 3 is 2.46 bits per heavy atom. The summed E-state index contributed by atoms with van der Waals surface area (Å²) in [5.74, 6) is -0.682. The first kappa shape index (κ1) is 12.1. The summed E-state index contributed by atoms with van der Waals surface area (Å²) < 4.78 is 0. The highest BCUT2D eigenvalue weighted by molar-refractivity contribution is 5.79. The van der Waals surface area contributed by atoms with Gasteiger partial charge in [0.15, 0.2) is 0 Å². The maximum atomic E-state index is 10.1. The van der Waals surface area contributed by atoms with Gasteiger partial charge in [-0.15, -0.1) is 0 Å². The normalized spacial score (nSPS) is 16.4. The third kappa shape index (κ3) is 6.31. The summed E-state index contributed by atoms with van der Waals surface area (Å²) in [4.78, 5) is 10.1. The summed E-state index contributed by atoms with van der Waals surface area (Å²) >= 11 is 0. The first-order valence-corrected chi connectivity index (χ1v) is 4.28. The second kappa shape index (κ2) is 5.72. The highest BCUT2D eigenvalue weighted by Gasteiger charge is 2.13. The molecule has 0 bridgehead atoms. The van der Waals surface area contributed by atoms with Gasteiger partial charge in [0.1, 0.15) is 0 Å². The second-order valence-electron chi connectivity index (χ2n) is 3.48. The molecule has 4 heteroatoms. The molecule has 4 N–H and O–H groups in total. The Balaban J connectivity index is 3.95. The molecule has 0 rings (SSSR count). The largest absolute Gasteiger partial charge is 0.478 e. The molecule has 0 aliphatic carbocycles. The quantitative estimate of drug-likeness (QED) is 0.543. The topological polar surface area (TPSA) is 83.5 Å². The van der Waals surface area contributed by atoms with Gasteiger partial charge in [0.25, 0.3) is 0 Å². The molecule has 0 aliphatic heterocycles. The molecule has 0 amide bonds. The molecule has 0 unspecified atom stereocenters. The van der Waals surface area contributed by atoms with Gasteiger partial charge < -0.3 is 15.9 Å². The molecule has 2 atom stereocenters. The summed E-state index contributed by atoms with van der Waals surface area (Å²) in [6, 6.07) is -0.393. The predicted octanol–water partition coefficient (Wildman–Crippen LogP) is 0.361. The SMILES string of the molecule is CC(C)C[C@H](N)[C@@H](O)/C=C/C(=O)O. The molecule has 76 valence electrons. The van der Waals surface area contributed by atoms with Gasteiger partial charge in [-0.2, -0.15) is 0 Å². The van der Waals surface area contributed by atoms with E-state index in [9.17, 15) is 9.90 Å². The summed E-state index contributed by atoms with van der Waals surface area (Å²) in [7, 11) is 0. The number of carboxylic acids is 1. The van der Waals surface area contributed by atoms with Crippen LogP contribution in [-0.2, 0) is 4.79 Å². The van der Waals surface area contributed by atoms with Crippen molar-refractivity contribution in [2.45, 2.75) is 32.4 Å². The van der Waals surface area contributed by atoms with E-state index in [2.05, 4.69) is 0 Å². The van der Waals surface area contributed by atoms with E-state index in [4.69, 9.17) is 10.8 Å². The van der Waals surface area contributed by atoms with Gasteiger partial charge in [-0.1, -0.05) is 13.8 Å². The Bertz CT molecular complexity index is 189. The smallest absolute Gasteiger partial charge is 0.328 e. The molecule has 0 aromatic carbocycles. The van der Waals surface area contributed by atoms with Crippen LogP contribution >= 0.6 is 0 Å². The molecule has 13 heavy (non-hydrogen) atoms. The van der Waals surface area contributed by atoms with Crippen LogP contribution in [0.4, 0.5) is 0 Å². The van der Waals surface area contributed by atoms with Gasteiger partial charge in [0.2, 0.25) is 0 Å². The molecule has 0 saturated carbocycles. The average Bonchev–Trinajstić information content (AvgIpc) is 1.98. The molecular weight excluding hydrogens is 170 g/mol. The van der Waals surface area contributed by atoms with E-state index >= 15 is 0 Å². The van der Waals surface area contributed by atoms with E-state index in [1.54, 1.807) is 0 Å². The second-order valence-corrected chi connectivity index (χ2v) is 3.48. The Hall–Kier alpha value is -0.870. The van der Waals surface area contributed by atoms with E-state index in [0.717, 1.165) is 6.08 Å². The number of rotatable bonds is 5. The van der Waals surface area contributed by atoms with E-state index < -0.39 is 18.1 Å². The highest BCUT2D eigenvalue weighted by Crippen LogP contribution is 2.06. The number of aliphatic carboxylic acids is 1. The maximum absolute atomic E-state index is 10.1. The Morgan fingerprint density at radius 2 is 2.08 bits per heavy atom. The Morgan fingerprint density at radius 1 is 1.54 bits per heavy atom. The molecular formula is C9H17NO3. The van der Waals surface area contributed by atoms with E-state index in [0.29, 0.717) is 12.3 Å². The van der Waals surface area contributed by atoms with Crippen LogP contribution < -0.4 is 5.73 Å². The molecule has 0 aromatic heterocycles. The molecule has 0 saturated heterocycles. The summed E-state index contributed by atoms with van der Waals surface area (Å²) in [6.45, 7) is 3.99. The molecule has 0 heterocycles. The number of aliphatic hydroxyl groups is 1. The maximum Gasteiger partial charge on any atom is 0.328 e. The van der Waals surface area contributed by atoms with Crippen molar-refractivity contribution in [2.24, 2.45) is 11.7 Å². The van der Waals surface area contributed by atoms with E-state index in [-0.39, 0.29) is 0 Å². The van der Waals surface area contributed by atoms with E-state index in [1.807, 2.05) is 13.8 Å². The van der Waals surface area contributed by atoms with Crippen LogP contribution in [0.15, 0.2) is 12.2 Å². The van der Waals surface area contributed by atoms with Crippen molar-refractivity contribution in [3.63, 3.8) is 0 Å². The minimum absolute atomic E-state index is 0.392. The van der Waals surface area contributed by atoms with Crippen molar-refractivity contribution in [1.82, 2.24) is 0 Å². The zero-order valence-corrected chi connectivity index (χ0v) is 7.97. The van der Waals surface area contributed by atoms with Crippen molar-refractivity contribution in [1.29, 1.82) is 0 Å². The zero-order chi connectivity index (χ0) is 10.4. The van der Waals surface area contributed by atoms with Gasteiger partial charge in [0.05, 0.1) is 6.10 Å².